The number of ether oxygens (including phenoxy) is 1. The Bertz CT molecular complexity index is 852. The van der Waals surface area contributed by atoms with Crippen LogP contribution in [-0.4, -0.2) is 79.2 Å². The van der Waals surface area contributed by atoms with Gasteiger partial charge in [0.25, 0.3) is 0 Å². The molecular weight excluding hydrogens is 465 g/mol. The van der Waals surface area contributed by atoms with Crippen LogP contribution in [0.25, 0.3) is 0 Å². The van der Waals surface area contributed by atoms with E-state index in [-0.39, 0.29) is 5.41 Å². The number of aliphatic carboxylic acids is 2. The predicted octanol–water partition coefficient (Wildman–Crippen LogP) is 3.75. The lowest BCUT2D eigenvalue weighted by molar-refractivity contribution is -0.192. The zero-order valence-corrected chi connectivity index (χ0v) is 20.0. The maximum absolute atomic E-state index is 11.7. The van der Waals surface area contributed by atoms with Crippen LogP contribution in [0, 0.1) is 10.8 Å². The summed E-state index contributed by atoms with van der Waals surface area (Å²) >= 11 is 0. The number of nitrogens with one attached hydrogen (secondary N) is 1. The molecule has 1 aromatic carbocycles. The Hall–Kier alpha value is -2.17. The summed E-state index contributed by atoms with van der Waals surface area (Å²) in [6, 6.07) is 11.4. The quantitative estimate of drug-likeness (QED) is 0.475. The van der Waals surface area contributed by atoms with Gasteiger partial charge in [-0.3, -0.25) is 4.79 Å². The van der Waals surface area contributed by atoms with Crippen LogP contribution in [0.2, 0.25) is 0 Å². The lowest BCUT2D eigenvalue weighted by atomic mass is 9.68. The lowest BCUT2D eigenvalue weighted by Gasteiger charge is -2.46. The Balaban J connectivity index is 0.000000429. The third kappa shape index (κ3) is 7.17. The van der Waals surface area contributed by atoms with Crippen molar-refractivity contribution in [2.24, 2.45) is 10.8 Å². The molecule has 0 aromatic heterocycles. The molecule has 1 heterocycles. The SMILES string of the molecule is COCC1(CN[C@@H]2C[C@H]2c2ccccc2)CCN(CC2(C(=O)O)CCC2)CC1.O=C(O)C(F)(F)F. The summed E-state index contributed by atoms with van der Waals surface area (Å²) < 4.78 is 37.3. The van der Waals surface area contributed by atoms with Gasteiger partial charge < -0.3 is 25.2 Å². The molecule has 0 spiro atoms. The molecule has 3 N–H and O–H groups in total. The first-order valence-corrected chi connectivity index (χ1v) is 12.0. The fraction of sp³-hybridized carbons (Fsp3) is 0.680. The number of carbonyl (C=O) groups is 2. The highest BCUT2D eigenvalue weighted by Crippen LogP contribution is 2.44. The largest absolute Gasteiger partial charge is 0.490 e. The molecule has 196 valence electrons. The van der Waals surface area contributed by atoms with Crippen molar-refractivity contribution in [3.63, 3.8) is 0 Å². The molecule has 0 radical (unpaired) electrons. The summed E-state index contributed by atoms with van der Waals surface area (Å²) in [7, 11) is 1.80. The molecule has 2 aliphatic carbocycles. The zero-order chi connectivity index (χ0) is 25.7. The highest BCUT2D eigenvalue weighted by atomic mass is 19.4. The van der Waals surface area contributed by atoms with E-state index in [0.29, 0.717) is 12.0 Å². The number of nitrogens with zero attached hydrogens (tertiary/aromatic N) is 1. The molecule has 3 fully saturated rings. The molecule has 4 rings (SSSR count). The van der Waals surface area contributed by atoms with Gasteiger partial charge in [0.2, 0.25) is 0 Å². The first-order valence-electron chi connectivity index (χ1n) is 12.0. The van der Waals surface area contributed by atoms with Crippen molar-refractivity contribution in [3.05, 3.63) is 35.9 Å². The van der Waals surface area contributed by atoms with Crippen molar-refractivity contribution in [2.45, 2.75) is 56.7 Å². The number of carboxylic acids is 2. The second kappa shape index (κ2) is 11.3. The number of likely N-dealkylation sites (tertiary alicyclic amines) is 1. The fourth-order valence-electron chi connectivity index (χ4n) is 5.17. The Kier molecular flexibility index (Phi) is 8.82. The Morgan fingerprint density at radius 3 is 2.17 bits per heavy atom. The van der Waals surface area contributed by atoms with Crippen molar-refractivity contribution in [1.29, 1.82) is 0 Å². The molecule has 35 heavy (non-hydrogen) atoms. The fourth-order valence-corrected chi connectivity index (χ4v) is 5.17. The molecular formula is C25H35F3N2O5. The second-order valence-electron chi connectivity index (χ2n) is 10.2. The van der Waals surface area contributed by atoms with Crippen LogP contribution in [0.1, 0.15) is 50.0 Å². The highest BCUT2D eigenvalue weighted by molar-refractivity contribution is 5.76. The monoisotopic (exact) mass is 500 g/mol. The smallest absolute Gasteiger partial charge is 0.481 e. The lowest BCUT2D eigenvalue weighted by Crippen LogP contribution is -2.53. The maximum Gasteiger partial charge on any atom is 0.490 e. The average molecular weight is 501 g/mol. The summed E-state index contributed by atoms with van der Waals surface area (Å²) in [5.74, 6) is -2.71. The molecule has 10 heteroatoms. The van der Waals surface area contributed by atoms with Gasteiger partial charge in [-0.25, -0.2) is 4.79 Å². The Morgan fingerprint density at radius 1 is 1.11 bits per heavy atom. The summed E-state index contributed by atoms with van der Waals surface area (Å²) in [6.07, 6.45) is 1.03. The second-order valence-corrected chi connectivity index (χ2v) is 10.2. The maximum atomic E-state index is 11.7. The van der Waals surface area contributed by atoms with Gasteiger partial charge in [0.15, 0.2) is 0 Å². The minimum Gasteiger partial charge on any atom is -0.481 e. The van der Waals surface area contributed by atoms with E-state index in [1.165, 1.54) is 12.0 Å². The van der Waals surface area contributed by atoms with E-state index in [2.05, 4.69) is 40.5 Å². The number of halogens is 3. The van der Waals surface area contributed by atoms with Crippen LogP contribution < -0.4 is 5.32 Å². The molecule has 1 saturated heterocycles. The van der Waals surface area contributed by atoms with Gasteiger partial charge in [-0.05, 0) is 50.8 Å². The Labute approximate surface area is 203 Å². The van der Waals surface area contributed by atoms with E-state index in [1.54, 1.807) is 7.11 Å². The van der Waals surface area contributed by atoms with E-state index in [9.17, 15) is 23.1 Å². The molecule has 1 aliphatic heterocycles. The minimum absolute atomic E-state index is 0.172. The van der Waals surface area contributed by atoms with E-state index < -0.39 is 23.5 Å². The number of methoxy groups -OCH3 is 1. The highest BCUT2D eigenvalue weighted by Gasteiger charge is 2.47. The van der Waals surface area contributed by atoms with Gasteiger partial charge >= 0.3 is 18.1 Å². The van der Waals surface area contributed by atoms with Crippen LogP contribution in [0.3, 0.4) is 0 Å². The summed E-state index contributed by atoms with van der Waals surface area (Å²) in [4.78, 5) is 23.0. The van der Waals surface area contributed by atoms with Crippen LogP contribution in [0.15, 0.2) is 30.3 Å². The van der Waals surface area contributed by atoms with Gasteiger partial charge in [0.05, 0.1) is 12.0 Å². The first kappa shape index (κ1) is 27.4. The molecule has 1 aromatic rings. The van der Waals surface area contributed by atoms with Crippen LogP contribution >= 0.6 is 0 Å². The standard InChI is InChI=1S/C23H34N2O3.C2HF3O2/c1-28-17-22(15-24-20-14-19(20)18-6-3-2-4-7-18)10-12-25(13-11-22)16-23(21(26)27)8-5-9-23;3-2(4,5)1(6)7/h2-4,6-7,19-20,24H,5,8-17H2,1H3,(H,26,27);(H,6,7)/t19-,20+;/m0./s1. The molecule has 2 atom stereocenters. The summed E-state index contributed by atoms with van der Waals surface area (Å²) in [6.45, 7) is 4.45. The molecule has 0 bridgehead atoms. The van der Waals surface area contributed by atoms with Gasteiger partial charge in [0, 0.05) is 37.6 Å². The van der Waals surface area contributed by atoms with Gasteiger partial charge in [0.1, 0.15) is 0 Å². The number of hydrogen-bond donors (Lipinski definition) is 3. The first-order chi connectivity index (χ1) is 16.5. The molecule has 7 nitrogen and oxygen atoms in total. The number of rotatable bonds is 9. The van der Waals surface area contributed by atoms with Gasteiger partial charge in [-0.15, -0.1) is 0 Å². The van der Waals surface area contributed by atoms with Crippen LogP contribution in [-0.2, 0) is 14.3 Å². The van der Waals surface area contributed by atoms with Gasteiger partial charge in [-0.1, -0.05) is 36.8 Å². The van der Waals surface area contributed by atoms with Crippen molar-refractivity contribution in [2.75, 3.05) is 39.9 Å². The van der Waals surface area contributed by atoms with Crippen molar-refractivity contribution < 1.29 is 37.7 Å². The van der Waals surface area contributed by atoms with E-state index in [4.69, 9.17) is 14.6 Å². The number of hydrogen-bond acceptors (Lipinski definition) is 5. The van der Waals surface area contributed by atoms with E-state index in [0.717, 1.165) is 64.9 Å². The van der Waals surface area contributed by atoms with Crippen LogP contribution in [0.4, 0.5) is 13.2 Å². The average Bonchev–Trinajstić information content (AvgIpc) is 3.56. The van der Waals surface area contributed by atoms with Crippen molar-refractivity contribution in [3.8, 4) is 0 Å². The molecule has 0 amide bonds. The summed E-state index contributed by atoms with van der Waals surface area (Å²) in [5, 5.41) is 20.6. The molecule has 2 saturated carbocycles. The predicted molar refractivity (Wildman–Crippen MR) is 123 cm³/mol. The number of piperidine rings is 1. The number of carboxylic acid groups (broad SMARTS) is 2. The van der Waals surface area contributed by atoms with Crippen LogP contribution in [0.5, 0.6) is 0 Å². The van der Waals surface area contributed by atoms with Crippen molar-refractivity contribution >= 4 is 11.9 Å². The minimum atomic E-state index is -5.08. The number of alkyl halides is 3. The zero-order valence-electron chi connectivity index (χ0n) is 20.0. The summed E-state index contributed by atoms with van der Waals surface area (Å²) in [5.41, 5.74) is 1.14. The Morgan fingerprint density at radius 2 is 1.71 bits per heavy atom. The van der Waals surface area contributed by atoms with Gasteiger partial charge in [-0.2, -0.15) is 13.2 Å². The van der Waals surface area contributed by atoms with Crippen molar-refractivity contribution in [1.82, 2.24) is 10.2 Å². The van der Waals surface area contributed by atoms with E-state index >= 15 is 0 Å². The third-order valence-electron chi connectivity index (χ3n) is 7.66. The molecule has 3 aliphatic rings. The normalized spacial score (nSPS) is 25.0. The van der Waals surface area contributed by atoms with E-state index in [1.807, 2.05) is 0 Å². The molecule has 0 unspecified atom stereocenters. The third-order valence-corrected chi connectivity index (χ3v) is 7.66. The number of benzene rings is 1. The topological polar surface area (TPSA) is 99.1 Å².